The van der Waals surface area contributed by atoms with Gasteiger partial charge in [0.2, 0.25) is 0 Å². The fourth-order valence-electron chi connectivity index (χ4n) is 2.90. The van der Waals surface area contributed by atoms with E-state index in [1.807, 2.05) is 0 Å². The number of likely N-dealkylation sites (tertiary alicyclic amines) is 1. The van der Waals surface area contributed by atoms with Crippen LogP contribution in [0.2, 0.25) is 0 Å². The van der Waals surface area contributed by atoms with Crippen LogP contribution in [-0.2, 0) is 16.0 Å². The van der Waals surface area contributed by atoms with E-state index in [2.05, 4.69) is 36.2 Å². The number of hydrogen-bond donors (Lipinski definition) is 0. The molecule has 19 heavy (non-hydrogen) atoms. The van der Waals surface area contributed by atoms with Crippen molar-refractivity contribution in [2.45, 2.75) is 31.3 Å². The van der Waals surface area contributed by atoms with Crippen molar-refractivity contribution in [3.63, 3.8) is 0 Å². The highest BCUT2D eigenvalue weighted by molar-refractivity contribution is 5.50. The van der Waals surface area contributed by atoms with E-state index in [1.165, 1.54) is 11.1 Å². The Hall–Kier alpha value is -1.19. The van der Waals surface area contributed by atoms with Crippen molar-refractivity contribution in [3.8, 4) is 0 Å². The van der Waals surface area contributed by atoms with Crippen molar-refractivity contribution in [3.05, 3.63) is 35.4 Å². The molecular formula is C16H23NO2. The summed E-state index contributed by atoms with van der Waals surface area (Å²) in [6.45, 7) is 2.10. The quantitative estimate of drug-likeness (QED) is 0.761. The second-order valence-electron chi connectivity index (χ2n) is 5.38. The first kappa shape index (κ1) is 14.2. The van der Waals surface area contributed by atoms with Crippen LogP contribution in [0.5, 0.6) is 0 Å². The van der Waals surface area contributed by atoms with E-state index in [1.54, 1.807) is 7.11 Å². The Morgan fingerprint density at radius 2 is 2.32 bits per heavy atom. The van der Waals surface area contributed by atoms with Gasteiger partial charge in [0.05, 0.1) is 6.10 Å². The average Bonchev–Trinajstić information content (AvgIpc) is 2.45. The molecule has 1 aromatic rings. The predicted octanol–water partition coefficient (Wildman–Crippen LogP) is 2.25. The van der Waals surface area contributed by atoms with Crippen molar-refractivity contribution < 1.29 is 9.53 Å². The molecule has 1 saturated heterocycles. The van der Waals surface area contributed by atoms with Crippen molar-refractivity contribution in [2.75, 3.05) is 27.2 Å². The molecule has 0 N–H and O–H groups in total. The highest BCUT2D eigenvalue weighted by Crippen LogP contribution is 2.30. The topological polar surface area (TPSA) is 29.5 Å². The minimum absolute atomic E-state index is 0.264. The minimum Gasteiger partial charge on any atom is -0.379 e. The Labute approximate surface area is 115 Å². The fourth-order valence-corrected chi connectivity index (χ4v) is 2.90. The number of hydrogen-bond acceptors (Lipinski definition) is 3. The zero-order valence-electron chi connectivity index (χ0n) is 11.8. The highest BCUT2D eigenvalue weighted by atomic mass is 16.5. The second-order valence-corrected chi connectivity index (χ2v) is 5.38. The Kier molecular flexibility index (Phi) is 5.11. The van der Waals surface area contributed by atoms with Gasteiger partial charge in [-0.1, -0.05) is 24.3 Å². The summed E-state index contributed by atoms with van der Waals surface area (Å²) in [4.78, 5) is 12.8. The Bertz CT molecular complexity index is 419. The standard InChI is InChI=1S/C16H23NO2/c1-17-9-8-15(16(12-17)19-2)14-7-3-5-13(11-14)6-4-10-18/h3,5,7,10-11,15-16H,4,6,8-9,12H2,1-2H3/t15-,16?/m1/s1. The summed E-state index contributed by atoms with van der Waals surface area (Å²) in [7, 11) is 3.94. The molecule has 3 heteroatoms. The summed E-state index contributed by atoms with van der Waals surface area (Å²) in [5.74, 6) is 0.470. The summed E-state index contributed by atoms with van der Waals surface area (Å²) in [5.41, 5.74) is 2.60. The zero-order valence-corrected chi connectivity index (χ0v) is 11.8. The number of nitrogens with zero attached hydrogens (tertiary/aromatic N) is 1. The van der Waals surface area contributed by atoms with Gasteiger partial charge in [-0.05, 0) is 37.6 Å². The number of aryl methyl sites for hydroxylation is 1. The molecular weight excluding hydrogens is 238 g/mol. The number of aldehydes is 1. The Morgan fingerprint density at radius 1 is 1.47 bits per heavy atom. The lowest BCUT2D eigenvalue weighted by atomic mass is 9.86. The van der Waals surface area contributed by atoms with E-state index in [0.717, 1.165) is 32.2 Å². The molecule has 104 valence electrons. The first-order valence-electron chi connectivity index (χ1n) is 6.98. The molecule has 1 fully saturated rings. The van der Waals surface area contributed by atoms with Crippen LogP contribution in [0.4, 0.5) is 0 Å². The SMILES string of the molecule is COC1CN(C)CC[C@@H]1c1cccc(CCC=O)c1. The zero-order chi connectivity index (χ0) is 13.7. The first-order valence-corrected chi connectivity index (χ1v) is 6.98. The van der Waals surface area contributed by atoms with Gasteiger partial charge >= 0.3 is 0 Å². The number of rotatable bonds is 5. The van der Waals surface area contributed by atoms with Gasteiger partial charge in [-0.2, -0.15) is 0 Å². The van der Waals surface area contributed by atoms with E-state index < -0.39 is 0 Å². The van der Waals surface area contributed by atoms with Crippen molar-refractivity contribution in [1.29, 1.82) is 0 Å². The van der Waals surface area contributed by atoms with Gasteiger partial charge in [0.25, 0.3) is 0 Å². The smallest absolute Gasteiger partial charge is 0.120 e. The molecule has 0 aliphatic carbocycles. The summed E-state index contributed by atoms with van der Waals surface area (Å²) in [6, 6.07) is 8.63. The average molecular weight is 261 g/mol. The highest BCUT2D eigenvalue weighted by Gasteiger charge is 2.28. The summed E-state index contributed by atoms with van der Waals surface area (Å²) < 4.78 is 5.65. The third-order valence-electron chi connectivity index (χ3n) is 4.00. The molecule has 1 unspecified atom stereocenters. The van der Waals surface area contributed by atoms with E-state index in [0.29, 0.717) is 12.3 Å². The van der Waals surface area contributed by atoms with Gasteiger partial charge in [-0.25, -0.2) is 0 Å². The molecule has 0 bridgehead atoms. The lowest BCUT2D eigenvalue weighted by Gasteiger charge is -2.36. The molecule has 0 spiro atoms. The largest absolute Gasteiger partial charge is 0.379 e. The molecule has 2 atom stereocenters. The van der Waals surface area contributed by atoms with Crippen molar-refractivity contribution in [1.82, 2.24) is 4.90 Å². The fraction of sp³-hybridized carbons (Fsp3) is 0.562. The second kappa shape index (κ2) is 6.83. The Balaban J connectivity index is 2.13. The maximum Gasteiger partial charge on any atom is 0.120 e. The van der Waals surface area contributed by atoms with Crippen LogP contribution in [0.3, 0.4) is 0 Å². The maximum atomic E-state index is 10.5. The number of likely N-dealkylation sites (N-methyl/N-ethyl adjacent to an activating group) is 1. The predicted molar refractivity (Wildman–Crippen MR) is 76.5 cm³/mol. The molecule has 1 aromatic carbocycles. The number of carbonyl (C=O) groups is 1. The van der Waals surface area contributed by atoms with Gasteiger partial charge in [-0.3, -0.25) is 0 Å². The molecule has 0 radical (unpaired) electrons. The number of methoxy groups -OCH3 is 1. The summed E-state index contributed by atoms with van der Waals surface area (Å²) in [5, 5.41) is 0. The number of carbonyl (C=O) groups excluding carboxylic acids is 1. The lowest BCUT2D eigenvalue weighted by molar-refractivity contribution is -0.107. The molecule has 3 nitrogen and oxygen atoms in total. The van der Waals surface area contributed by atoms with E-state index in [9.17, 15) is 4.79 Å². The first-order chi connectivity index (χ1) is 9.24. The molecule has 2 rings (SSSR count). The summed E-state index contributed by atoms with van der Waals surface area (Å²) >= 11 is 0. The number of benzene rings is 1. The van der Waals surface area contributed by atoms with Gasteiger partial charge in [0.1, 0.15) is 6.29 Å². The maximum absolute atomic E-state index is 10.5. The van der Waals surface area contributed by atoms with Crippen LogP contribution in [0.25, 0.3) is 0 Å². The van der Waals surface area contributed by atoms with E-state index in [4.69, 9.17) is 4.74 Å². The minimum atomic E-state index is 0.264. The molecule has 0 aromatic heterocycles. The van der Waals surface area contributed by atoms with E-state index in [-0.39, 0.29) is 6.10 Å². The Morgan fingerprint density at radius 3 is 3.05 bits per heavy atom. The normalized spacial score (nSPS) is 24.3. The van der Waals surface area contributed by atoms with Crippen LogP contribution in [0.1, 0.15) is 29.9 Å². The van der Waals surface area contributed by atoms with Crippen LogP contribution >= 0.6 is 0 Å². The summed E-state index contributed by atoms with van der Waals surface area (Å²) in [6.07, 6.45) is 3.82. The monoisotopic (exact) mass is 261 g/mol. The van der Waals surface area contributed by atoms with Crippen LogP contribution in [0, 0.1) is 0 Å². The van der Waals surface area contributed by atoms with E-state index >= 15 is 0 Å². The van der Waals surface area contributed by atoms with Gasteiger partial charge in [-0.15, -0.1) is 0 Å². The molecule has 1 aliphatic rings. The van der Waals surface area contributed by atoms with Gasteiger partial charge < -0.3 is 14.4 Å². The van der Waals surface area contributed by atoms with Crippen LogP contribution in [-0.4, -0.2) is 44.5 Å². The van der Waals surface area contributed by atoms with Crippen molar-refractivity contribution >= 4 is 6.29 Å². The third-order valence-corrected chi connectivity index (χ3v) is 4.00. The van der Waals surface area contributed by atoms with Gasteiger partial charge in [0.15, 0.2) is 0 Å². The number of ether oxygens (including phenoxy) is 1. The molecule has 0 amide bonds. The van der Waals surface area contributed by atoms with Crippen LogP contribution in [0.15, 0.2) is 24.3 Å². The number of piperidine rings is 1. The van der Waals surface area contributed by atoms with Gasteiger partial charge in [0, 0.05) is 26.0 Å². The molecule has 1 heterocycles. The third kappa shape index (κ3) is 3.64. The molecule has 0 saturated carbocycles. The van der Waals surface area contributed by atoms with Crippen LogP contribution < -0.4 is 0 Å². The lowest BCUT2D eigenvalue weighted by Crippen LogP contribution is -2.41. The molecule has 1 aliphatic heterocycles. The van der Waals surface area contributed by atoms with Crippen molar-refractivity contribution in [2.24, 2.45) is 0 Å².